The maximum absolute atomic E-state index is 11.8. The summed E-state index contributed by atoms with van der Waals surface area (Å²) in [5, 5.41) is 12.1. The quantitative estimate of drug-likeness (QED) is 0.743. The van der Waals surface area contributed by atoms with E-state index in [2.05, 4.69) is 10.3 Å². The number of H-pyrrole nitrogens is 1. The van der Waals surface area contributed by atoms with E-state index in [1.54, 1.807) is 18.3 Å². The second kappa shape index (κ2) is 6.02. The van der Waals surface area contributed by atoms with E-state index < -0.39 is 0 Å². The molecule has 18 heavy (non-hydrogen) atoms. The molecule has 2 aromatic rings. The molecule has 4 heteroatoms. The van der Waals surface area contributed by atoms with Crippen LogP contribution in [0.2, 0.25) is 0 Å². The molecule has 0 fully saturated rings. The Hall–Kier alpha value is -2.07. The molecule has 0 spiro atoms. The zero-order valence-electron chi connectivity index (χ0n) is 9.97. The van der Waals surface area contributed by atoms with Gasteiger partial charge in [0.1, 0.15) is 5.69 Å². The van der Waals surface area contributed by atoms with Gasteiger partial charge >= 0.3 is 0 Å². The largest absolute Gasteiger partial charge is 0.394 e. The van der Waals surface area contributed by atoms with Gasteiger partial charge in [0.15, 0.2) is 0 Å². The zero-order valence-corrected chi connectivity index (χ0v) is 9.97. The highest BCUT2D eigenvalue weighted by atomic mass is 16.3. The van der Waals surface area contributed by atoms with Crippen LogP contribution in [0, 0.1) is 0 Å². The highest BCUT2D eigenvalue weighted by Crippen LogP contribution is 2.04. The first-order chi connectivity index (χ1) is 8.79. The average molecular weight is 244 g/mol. The smallest absolute Gasteiger partial charge is 0.267 e. The maximum atomic E-state index is 11.8. The van der Waals surface area contributed by atoms with Crippen LogP contribution >= 0.6 is 0 Å². The van der Waals surface area contributed by atoms with Gasteiger partial charge in [-0.1, -0.05) is 30.3 Å². The van der Waals surface area contributed by atoms with Crippen LogP contribution in [0.25, 0.3) is 0 Å². The number of carbonyl (C=O) groups excluding carboxylic acids is 1. The minimum absolute atomic E-state index is 0.0820. The van der Waals surface area contributed by atoms with Crippen molar-refractivity contribution >= 4 is 5.91 Å². The van der Waals surface area contributed by atoms with E-state index in [0.717, 1.165) is 5.56 Å². The minimum atomic E-state index is -0.275. The third kappa shape index (κ3) is 3.21. The fourth-order valence-corrected chi connectivity index (χ4v) is 1.79. The fraction of sp³-hybridized carbons (Fsp3) is 0.214. The lowest BCUT2D eigenvalue weighted by Gasteiger charge is -2.15. The number of aliphatic hydroxyl groups excluding tert-OH is 1. The maximum Gasteiger partial charge on any atom is 0.267 e. The molecule has 0 aliphatic heterocycles. The van der Waals surface area contributed by atoms with E-state index in [1.807, 2.05) is 30.3 Å². The standard InChI is InChI=1S/C14H16N2O2/c17-10-12(9-11-5-2-1-3-6-11)16-14(18)13-7-4-8-15-13/h1-8,12,15,17H,9-10H2,(H,16,18). The number of hydrogen-bond donors (Lipinski definition) is 3. The van der Waals surface area contributed by atoms with Crippen molar-refractivity contribution in [2.24, 2.45) is 0 Å². The molecule has 3 N–H and O–H groups in total. The van der Waals surface area contributed by atoms with Gasteiger partial charge in [0.2, 0.25) is 0 Å². The molecule has 2 rings (SSSR count). The van der Waals surface area contributed by atoms with Crippen molar-refractivity contribution in [1.29, 1.82) is 0 Å². The number of aliphatic hydroxyl groups is 1. The first-order valence-electron chi connectivity index (χ1n) is 5.88. The Balaban J connectivity index is 1.96. The van der Waals surface area contributed by atoms with Gasteiger partial charge in [-0.05, 0) is 24.1 Å². The molecule has 1 atom stereocenters. The molecule has 0 aliphatic carbocycles. The predicted octanol–water partition coefficient (Wildman–Crippen LogP) is 1.35. The second-order valence-electron chi connectivity index (χ2n) is 4.13. The molecule has 1 aromatic heterocycles. The van der Waals surface area contributed by atoms with Gasteiger partial charge in [-0.3, -0.25) is 4.79 Å². The Labute approximate surface area is 106 Å². The lowest BCUT2D eigenvalue weighted by Crippen LogP contribution is -2.39. The van der Waals surface area contributed by atoms with Crippen LogP contribution in [0.1, 0.15) is 16.1 Å². The molecule has 1 aromatic carbocycles. The molecule has 0 aliphatic rings. The van der Waals surface area contributed by atoms with Crippen molar-refractivity contribution in [2.45, 2.75) is 12.5 Å². The van der Waals surface area contributed by atoms with Gasteiger partial charge in [0, 0.05) is 6.20 Å². The number of rotatable bonds is 5. The Morgan fingerprint density at radius 1 is 1.22 bits per heavy atom. The fourth-order valence-electron chi connectivity index (χ4n) is 1.79. The molecule has 1 heterocycles. The summed E-state index contributed by atoms with van der Waals surface area (Å²) in [6.45, 7) is -0.0820. The third-order valence-corrected chi connectivity index (χ3v) is 2.72. The first-order valence-corrected chi connectivity index (χ1v) is 5.88. The molecular formula is C14H16N2O2. The zero-order chi connectivity index (χ0) is 12.8. The Kier molecular flexibility index (Phi) is 4.15. The van der Waals surface area contributed by atoms with Crippen LogP contribution in [-0.2, 0) is 6.42 Å². The normalized spacial score (nSPS) is 12.1. The highest BCUT2D eigenvalue weighted by molar-refractivity contribution is 5.92. The number of nitrogens with one attached hydrogen (secondary N) is 2. The van der Waals surface area contributed by atoms with Crippen molar-refractivity contribution in [3.8, 4) is 0 Å². The summed E-state index contributed by atoms with van der Waals surface area (Å²) < 4.78 is 0. The monoisotopic (exact) mass is 244 g/mol. The average Bonchev–Trinajstić information content (AvgIpc) is 2.93. The van der Waals surface area contributed by atoms with E-state index in [-0.39, 0.29) is 18.6 Å². The van der Waals surface area contributed by atoms with Gasteiger partial charge in [0.25, 0.3) is 5.91 Å². The molecule has 1 unspecified atom stereocenters. The van der Waals surface area contributed by atoms with Crippen LogP contribution in [0.5, 0.6) is 0 Å². The summed E-state index contributed by atoms with van der Waals surface area (Å²) >= 11 is 0. The first kappa shape index (κ1) is 12.4. The van der Waals surface area contributed by atoms with E-state index in [0.29, 0.717) is 12.1 Å². The summed E-state index contributed by atoms with van der Waals surface area (Å²) in [6.07, 6.45) is 2.31. The van der Waals surface area contributed by atoms with Crippen molar-refractivity contribution in [3.63, 3.8) is 0 Å². The van der Waals surface area contributed by atoms with Crippen LogP contribution in [-0.4, -0.2) is 28.6 Å². The SMILES string of the molecule is O=C(NC(CO)Cc1ccccc1)c1ccc[nH]1. The lowest BCUT2D eigenvalue weighted by atomic mass is 10.1. The van der Waals surface area contributed by atoms with Gasteiger partial charge in [-0.2, -0.15) is 0 Å². The van der Waals surface area contributed by atoms with E-state index in [1.165, 1.54) is 0 Å². The molecule has 0 saturated heterocycles. The molecule has 0 saturated carbocycles. The molecule has 94 valence electrons. The summed E-state index contributed by atoms with van der Waals surface area (Å²) in [7, 11) is 0. The summed E-state index contributed by atoms with van der Waals surface area (Å²) in [4.78, 5) is 14.6. The third-order valence-electron chi connectivity index (χ3n) is 2.72. The van der Waals surface area contributed by atoms with Crippen LogP contribution < -0.4 is 5.32 Å². The van der Waals surface area contributed by atoms with Crippen LogP contribution in [0.15, 0.2) is 48.7 Å². The molecule has 4 nitrogen and oxygen atoms in total. The predicted molar refractivity (Wildman–Crippen MR) is 69.3 cm³/mol. The number of carbonyl (C=O) groups is 1. The molecule has 1 amide bonds. The van der Waals surface area contributed by atoms with E-state index in [9.17, 15) is 9.90 Å². The Morgan fingerprint density at radius 2 is 2.00 bits per heavy atom. The summed E-state index contributed by atoms with van der Waals surface area (Å²) in [6, 6.07) is 13.0. The lowest BCUT2D eigenvalue weighted by molar-refractivity contribution is 0.0912. The van der Waals surface area contributed by atoms with E-state index in [4.69, 9.17) is 0 Å². The van der Waals surface area contributed by atoms with E-state index >= 15 is 0 Å². The van der Waals surface area contributed by atoms with Gasteiger partial charge in [-0.25, -0.2) is 0 Å². The van der Waals surface area contributed by atoms with Crippen molar-refractivity contribution in [1.82, 2.24) is 10.3 Å². The van der Waals surface area contributed by atoms with Crippen LogP contribution in [0.3, 0.4) is 0 Å². The topological polar surface area (TPSA) is 65.1 Å². The number of hydrogen-bond acceptors (Lipinski definition) is 2. The number of benzene rings is 1. The number of amides is 1. The van der Waals surface area contributed by atoms with Crippen molar-refractivity contribution in [2.75, 3.05) is 6.61 Å². The second-order valence-corrected chi connectivity index (χ2v) is 4.13. The number of aromatic amines is 1. The Morgan fingerprint density at radius 3 is 2.61 bits per heavy atom. The van der Waals surface area contributed by atoms with Crippen LogP contribution in [0.4, 0.5) is 0 Å². The molecule has 0 bridgehead atoms. The van der Waals surface area contributed by atoms with Crippen molar-refractivity contribution < 1.29 is 9.90 Å². The van der Waals surface area contributed by atoms with Gasteiger partial charge in [-0.15, -0.1) is 0 Å². The summed E-state index contributed by atoms with van der Waals surface area (Å²) in [5.74, 6) is -0.199. The van der Waals surface area contributed by atoms with Gasteiger partial charge in [0.05, 0.1) is 12.6 Å². The Bertz CT molecular complexity index is 480. The van der Waals surface area contributed by atoms with Crippen molar-refractivity contribution in [3.05, 3.63) is 59.9 Å². The minimum Gasteiger partial charge on any atom is -0.394 e. The summed E-state index contributed by atoms with van der Waals surface area (Å²) in [5.41, 5.74) is 1.59. The molecular weight excluding hydrogens is 228 g/mol. The molecule has 0 radical (unpaired) electrons. The number of aromatic nitrogens is 1. The van der Waals surface area contributed by atoms with Gasteiger partial charge < -0.3 is 15.4 Å². The highest BCUT2D eigenvalue weighted by Gasteiger charge is 2.13.